The fraction of sp³-hybridized carbons (Fsp3) is 0.600. The Balaban J connectivity index is 0.00000162. The van der Waals surface area contributed by atoms with Gasteiger partial charge in [-0.1, -0.05) is 26.0 Å². The lowest BCUT2D eigenvalue weighted by Crippen LogP contribution is -2.16. The summed E-state index contributed by atoms with van der Waals surface area (Å²) in [6, 6.07) is 6.53. The van der Waals surface area contributed by atoms with E-state index in [0.717, 1.165) is 25.4 Å². The van der Waals surface area contributed by atoms with Gasteiger partial charge in [0.2, 0.25) is 0 Å². The number of ether oxygens (including phenoxy) is 1. The van der Waals surface area contributed by atoms with E-state index in [2.05, 4.69) is 44.3 Å². The maximum absolute atomic E-state index is 6.02. The largest absolute Gasteiger partial charge is 0.493 e. The van der Waals surface area contributed by atoms with Gasteiger partial charge in [0.05, 0.1) is 6.61 Å². The fourth-order valence-corrected chi connectivity index (χ4v) is 2.31. The first-order valence-electron chi connectivity index (χ1n) is 6.61. The van der Waals surface area contributed by atoms with Gasteiger partial charge in [0.15, 0.2) is 0 Å². The Morgan fingerprint density at radius 2 is 2.17 bits per heavy atom. The van der Waals surface area contributed by atoms with Gasteiger partial charge in [-0.25, -0.2) is 0 Å². The average molecular weight is 270 g/mol. The van der Waals surface area contributed by atoms with Gasteiger partial charge in [-0.15, -0.1) is 12.4 Å². The predicted molar refractivity (Wildman–Crippen MR) is 79.0 cm³/mol. The minimum Gasteiger partial charge on any atom is -0.493 e. The van der Waals surface area contributed by atoms with Crippen molar-refractivity contribution >= 4 is 12.4 Å². The van der Waals surface area contributed by atoms with E-state index in [9.17, 15) is 0 Å². The normalized spacial score (nSPS) is 18.8. The van der Waals surface area contributed by atoms with Crippen molar-refractivity contribution in [2.75, 3.05) is 19.7 Å². The van der Waals surface area contributed by atoms with Gasteiger partial charge in [0.1, 0.15) is 5.75 Å². The molecular formula is C15H24ClNO. The van der Waals surface area contributed by atoms with Crippen molar-refractivity contribution in [3.05, 3.63) is 29.3 Å². The molecule has 0 bridgehead atoms. The van der Waals surface area contributed by atoms with Crippen LogP contribution in [0.25, 0.3) is 0 Å². The van der Waals surface area contributed by atoms with Gasteiger partial charge in [-0.05, 0) is 43.0 Å². The highest BCUT2D eigenvalue weighted by Gasteiger charge is 2.16. The number of nitrogens with one attached hydrogen (secondary N) is 1. The van der Waals surface area contributed by atoms with E-state index in [4.69, 9.17) is 4.74 Å². The van der Waals surface area contributed by atoms with Crippen LogP contribution in [0.4, 0.5) is 0 Å². The summed E-state index contributed by atoms with van der Waals surface area (Å²) in [4.78, 5) is 0. The Morgan fingerprint density at radius 3 is 2.78 bits per heavy atom. The Morgan fingerprint density at radius 1 is 1.39 bits per heavy atom. The second-order valence-electron chi connectivity index (χ2n) is 5.37. The summed E-state index contributed by atoms with van der Waals surface area (Å²) in [7, 11) is 0. The van der Waals surface area contributed by atoms with Crippen LogP contribution < -0.4 is 10.1 Å². The minimum atomic E-state index is 0. The van der Waals surface area contributed by atoms with E-state index in [1.54, 1.807) is 0 Å². The van der Waals surface area contributed by atoms with Crippen LogP contribution in [0.3, 0.4) is 0 Å². The number of benzene rings is 1. The first-order valence-corrected chi connectivity index (χ1v) is 6.61. The number of halogens is 1. The molecule has 1 heterocycles. The molecule has 1 aliphatic rings. The first-order chi connectivity index (χ1) is 8.16. The number of rotatable bonds is 4. The molecule has 102 valence electrons. The third kappa shape index (κ3) is 3.89. The molecule has 1 saturated heterocycles. The standard InChI is InChI=1S/C15H23NO.ClH/c1-11(2)14-5-4-12(3)8-15(14)17-10-13-6-7-16-9-13;/h4-5,8,11,13,16H,6-7,9-10H2,1-3H3;1H. The Bertz CT molecular complexity index is 373. The quantitative estimate of drug-likeness (QED) is 0.903. The summed E-state index contributed by atoms with van der Waals surface area (Å²) in [6.07, 6.45) is 1.24. The van der Waals surface area contributed by atoms with Crippen LogP contribution >= 0.6 is 12.4 Å². The third-order valence-electron chi connectivity index (χ3n) is 3.43. The summed E-state index contributed by atoms with van der Waals surface area (Å²) in [6.45, 7) is 9.63. The summed E-state index contributed by atoms with van der Waals surface area (Å²) in [5.41, 5.74) is 2.59. The monoisotopic (exact) mass is 269 g/mol. The van der Waals surface area contributed by atoms with E-state index in [1.807, 2.05) is 0 Å². The maximum atomic E-state index is 6.02. The van der Waals surface area contributed by atoms with Crippen LogP contribution in [0.1, 0.15) is 37.3 Å². The molecule has 1 unspecified atom stereocenters. The molecule has 2 rings (SSSR count). The van der Waals surface area contributed by atoms with Crippen LogP contribution in [-0.2, 0) is 0 Å². The predicted octanol–water partition coefficient (Wildman–Crippen LogP) is 3.53. The molecule has 0 amide bonds. The number of aryl methyl sites for hydroxylation is 1. The van der Waals surface area contributed by atoms with Crippen molar-refractivity contribution in [3.8, 4) is 5.75 Å². The Kier molecular flexibility index (Phi) is 5.97. The molecule has 0 saturated carbocycles. The van der Waals surface area contributed by atoms with Crippen LogP contribution in [-0.4, -0.2) is 19.7 Å². The van der Waals surface area contributed by atoms with Crippen molar-refractivity contribution in [1.29, 1.82) is 0 Å². The molecule has 18 heavy (non-hydrogen) atoms. The lowest BCUT2D eigenvalue weighted by atomic mass is 10.0. The van der Waals surface area contributed by atoms with Crippen LogP contribution in [0.2, 0.25) is 0 Å². The molecule has 0 aliphatic carbocycles. The van der Waals surface area contributed by atoms with Gasteiger partial charge in [0.25, 0.3) is 0 Å². The Hall–Kier alpha value is -0.730. The van der Waals surface area contributed by atoms with Crippen molar-refractivity contribution in [1.82, 2.24) is 5.32 Å². The lowest BCUT2D eigenvalue weighted by Gasteiger charge is -2.17. The zero-order chi connectivity index (χ0) is 12.3. The summed E-state index contributed by atoms with van der Waals surface area (Å²) in [5, 5.41) is 3.38. The zero-order valence-electron chi connectivity index (χ0n) is 11.5. The van der Waals surface area contributed by atoms with Gasteiger partial charge in [0, 0.05) is 12.5 Å². The smallest absolute Gasteiger partial charge is 0.123 e. The second kappa shape index (κ2) is 7.01. The van der Waals surface area contributed by atoms with E-state index in [1.165, 1.54) is 17.5 Å². The molecule has 1 aromatic rings. The molecule has 0 radical (unpaired) electrons. The van der Waals surface area contributed by atoms with Gasteiger partial charge in [-0.3, -0.25) is 0 Å². The van der Waals surface area contributed by atoms with Crippen molar-refractivity contribution < 1.29 is 4.74 Å². The first kappa shape index (κ1) is 15.3. The molecule has 3 heteroatoms. The molecule has 1 aliphatic heterocycles. The van der Waals surface area contributed by atoms with Gasteiger partial charge >= 0.3 is 0 Å². The minimum absolute atomic E-state index is 0. The van der Waals surface area contributed by atoms with E-state index in [-0.39, 0.29) is 12.4 Å². The van der Waals surface area contributed by atoms with Gasteiger partial charge in [-0.2, -0.15) is 0 Å². The van der Waals surface area contributed by atoms with Crippen molar-refractivity contribution in [2.45, 2.75) is 33.1 Å². The third-order valence-corrected chi connectivity index (χ3v) is 3.43. The molecule has 1 aromatic carbocycles. The molecule has 0 spiro atoms. The summed E-state index contributed by atoms with van der Waals surface area (Å²) >= 11 is 0. The highest BCUT2D eigenvalue weighted by atomic mass is 35.5. The highest BCUT2D eigenvalue weighted by Crippen LogP contribution is 2.28. The summed E-state index contributed by atoms with van der Waals surface area (Å²) < 4.78 is 6.02. The second-order valence-corrected chi connectivity index (χ2v) is 5.37. The van der Waals surface area contributed by atoms with Crippen molar-refractivity contribution in [2.24, 2.45) is 5.92 Å². The molecular weight excluding hydrogens is 246 g/mol. The lowest BCUT2D eigenvalue weighted by molar-refractivity contribution is 0.257. The van der Waals surface area contributed by atoms with Crippen LogP contribution in [0, 0.1) is 12.8 Å². The molecule has 2 nitrogen and oxygen atoms in total. The molecule has 1 fully saturated rings. The topological polar surface area (TPSA) is 21.3 Å². The number of hydrogen-bond donors (Lipinski definition) is 1. The van der Waals surface area contributed by atoms with Crippen molar-refractivity contribution in [3.63, 3.8) is 0 Å². The fourth-order valence-electron chi connectivity index (χ4n) is 2.31. The Labute approximate surface area is 117 Å². The maximum Gasteiger partial charge on any atom is 0.123 e. The average Bonchev–Trinajstić information content (AvgIpc) is 2.78. The van der Waals surface area contributed by atoms with Gasteiger partial charge < -0.3 is 10.1 Å². The van der Waals surface area contributed by atoms with E-state index in [0.29, 0.717) is 11.8 Å². The van der Waals surface area contributed by atoms with E-state index >= 15 is 0 Å². The zero-order valence-corrected chi connectivity index (χ0v) is 12.3. The SMILES string of the molecule is Cc1ccc(C(C)C)c(OCC2CCNC2)c1.Cl. The van der Waals surface area contributed by atoms with Crippen LogP contribution in [0.15, 0.2) is 18.2 Å². The molecule has 1 N–H and O–H groups in total. The molecule has 1 atom stereocenters. The highest BCUT2D eigenvalue weighted by molar-refractivity contribution is 5.85. The number of hydrogen-bond acceptors (Lipinski definition) is 2. The van der Waals surface area contributed by atoms with Crippen LogP contribution in [0.5, 0.6) is 5.75 Å². The molecule has 0 aromatic heterocycles. The van der Waals surface area contributed by atoms with E-state index < -0.39 is 0 Å². The summed E-state index contributed by atoms with van der Waals surface area (Å²) in [5.74, 6) is 2.27.